The number of methoxy groups -OCH3 is 1. The number of carbonyl (C=O) groups is 3. The second kappa shape index (κ2) is 9.11. The van der Waals surface area contributed by atoms with Crippen molar-refractivity contribution in [2.75, 3.05) is 7.11 Å². The Hall–Kier alpha value is -2.16. The van der Waals surface area contributed by atoms with Gasteiger partial charge >= 0.3 is 16.5 Å². The predicted molar refractivity (Wildman–Crippen MR) is 104 cm³/mol. The van der Waals surface area contributed by atoms with Crippen molar-refractivity contribution >= 4 is 40.9 Å². The van der Waals surface area contributed by atoms with E-state index in [0.717, 1.165) is 0 Å². The molecule has 1 aromatic rings. The van der Waals surface area contributed by atoms with Crippen LogP contribution in [0.15, 0.2) is 12.2 Å². The van der Waals surface area contributed by atoms with Gasteiger partial charge in [-0.15, -0.1) is 0 Å². The van der Waals surface area contributed by atoms with Gasteiger partial charge < -0.3 is 14.6 Å². The number of alkyl halides is 3. The number of rotatable bonds is 9. The number of carboxylic acid groups (broad SMARTS) is 1. The first kappa shape index (κ1) is 23.1. The maximum atomic E-state index is 14.1. The van der Waals surface area contributed by atoms with Gasteiger partial charge in [0.1, 0.15) is 5.75 Å². The van der Waals surface area contributed by atoms with Gasteiger partial charge in [-0.25, -0.2) is 4.79 Å². The van der Waals surface area contributed by atoms with Crippen LogP contribution in [0.4, 0.5) is 4.39 Å². The molecule has 2 rings (SSSR count). The van der Waals surface area contributed by atoms with Gasteiger partial charge in [0.25, 0.3) is 0 Å². The molecule has 3 N–H and O–H groups in total. The van der Waals surface area contributed by atoms with Crippen molar-refractivity contribution in [3.05, 3.63) is 40.0 Å². The van der Waals surface area contributed by atoms with E-state index in [1.54, 1.807) is 19.1 Å². The molecule has 1 atom stereocenters. The van der Waals surface area contributed by atoms with Gasteiger partial charge in [-0.2, -0.15) is 4.39 Å². The Balaban J connectivity index is 2.55. The smallest absolute Gasteiger partial charge is 0.341 e. The summed E-state index contributed by atoms with van der Waals surface area (Å²) in [5, 5.41) is 8.65. The summed E-state index contributed by atoms with van der Waals surface area (Å²) in [5.74, 6) is -2.86. The van der Waals surface area contributed by atoms with Crippen molar-refractivity contribution in [1.29, 1.82) is 0 Å². The number of benzene rings is 1. The van der Waals surface area contributed by atoms with E-state index >= 15 is 0 Å². The summed E-state index contributed by atoms with van der Waals surface area (Å²) in [6, 6.07) is 0. The van der Waals surface area contributed by atoms with Crippen LogP contribution >= 0.6 is 23.2 Å². The van der Waals surface area contributed by atoms with Crippen molar-refractivity contribution in [2.45, 2.75) is 43.4 Å². The maximum absolute atomic E-state index is 14.1. The number of aliphatic carboxylic acids is 1. The first-order valence-electron chi connectivity index (χ1n) is 8.68. The molecule has 1 aromatic carbocycles. The zero-order chi connectivity index (χ0) is 21.9. The summed E-state index contributed by atoms with van der Waals surface area (Å²) in [5.41, 5.74) is 6.28. The minimum atomic E-state index is -3.27. The summed E-state index contributed by atoms with van der Waals surface area (Å²) in [7, 11) is 1.36. The van der Waals surface area contributed by atoms with Crippen molar-refractivity contribution < 1.29 is 33.4 Å². The third-order valence-corrected chi connectivity index (χ3v) is 4.85. The number of Topliss-reactive ketones (excluding diaryl/α,β-unsaturated/α-hetero) is 1. The summed E-state index contributed by atoms with van der Waals surface area (Å²) in [6.45, 7) is 1.64. The Morgan fingerprint density at radius 3 is 2.52 bits per heavy atom. The van der Waals surface area contributed by atoms with Crippen molar-refractivity contribution in [3.8, 4) is 5.75 Å². The number of esters is 1. The summed E-state index contributed by atoms with van der Waals surface area (Å²) in [6.07, 6.45) is 3.10. The van der Waals surface area contributed by atoms with Crippen molar-refractivity contribution in [3.63, 3.8) is 0 Å². The molecule has 7 nitrogen and oxygen atoms in total. The third kappa shape index (κ3) is 4.88. The van der Waals surface area contributed by atoms with Crippen LogP contribution in [0.3, 0.4) is 0 Å². The lowest BCUT2D eigenvalue weighted by atomic mass is 9.87. The first-order valence-corrected chi connectivity index (χ1v) is 9.44. The van der Waals surface area contributed by atoms with Crippen LogP contribution in [0, 0.1) is 6.92 Å². The fraction of sp³-hybridized carbons (Fsp3) is 0.421. The second-order valence-corrected chi connectivity index (χ2v) is 7.63. The topological polar surface area (TPSA) is 116 Å². The molecule has 10 heteroatoms. The predicted octanol–water partition coefficient (Wildman–Crippen LogP) is 3.77. The maximum Gasteiger partial charge on any atom is 0.341 e. The lowest BCUT2D eigenvalue weighted by Crippen LogP contribution is -2.25. The number of cyclic esters (lactones) is 1. The molecule has 0 radical (unpaired) electrons. The summed E-state index contributed by atoms with van der Waals surface area (Å²) in [4.78, 5) is 35.6. The molecule has 0 fully saturated rings. The van der Waals surface area contributed by atoms with Crippen LogP contribution < -0.4 is 10.5 Å². The Morgan fingerprint density at radius 1 is 1.34 bits per heavy atom. The van der Waals surface area contributed by atoms with Crippen LogP contribution in [0.25, 0.3) is 0 Å². The molecular formula is C19H20Cl2FNO6. The van der Waals surface area contributed by atoms with Gasteiger partial charge in [0.2, 0.25) is 5.78 Å². The highest BCUT2D eigenvalue weighted by molar-refractivity contribution is 6.58. The lowest BCUT2D eigenvalue weighted by Gasteiger charge is -2.21. The highest BCUT2D eigenvalue weighted by Crippen LogP contribution is 2.43. The molecule has 0 saturated carbocycles. The number of hydrogen-bond acceptors (Lipinski definition) is 6. The molecule has 0 aliphatic carbocycles. The summed E-state index contributed by atoms with van der Waals surface area (Å²) < 4.78 is 21.3. The molecule has 0 spiro atoms. The van der Waals surface area contributed by atoms with Crippen molar-refractivity contribution in [1.82, 2.24) is 0 Å². The molecule has 0 saturated heterocycles. The second-order valence-electron chi connectivity index (χ2n) is 6.40. The normalized spacial score (nSPS) is 16.1. The average Bonchev–Trinajstić information content (AvgIpc) is 2.91. The molecule has 29 heavy (non-hydrogen) atoms. The minimum Gasteiger partial charge on any atom is -0.496 e. The van der Waals surface area contributed by atoms with Gasteiger partial charge in [0.05, 0.1) is 12.7 Å². The Bertz CT molecular complexity index is 879. The summed E-state index contributed by atoms with van der Waals surface area (Å²) >= 11 is 10.8. The molecule has 0 aromatic heterocycles. The van der Waals surface area contributed by atoms with Gasteiger partial charge in [-0.1, -0.05) is 35.4 Å². The monoisotopic (exact) mass is 447 g/mol. The van der Waals surface area contributed by atoms with E-state index in [-0.39, 0.29) is 40.8 Å². The molecule has 1 unspecified atom stereocenters. The number of hydrogen-bond donors (Lipinski definition) is 2. The lowest BCUT2D eigenvalue weighted by molar-refractivity contribution is -0.136. The Labute approximate surface area is 176 Å². The van der Waals surface area contributed by atoms with Crippen LogP contribution in [0.2, 0.25) is 0 Å². The molecule has 1 heterocycles. The number of halogens is 3. The van der Waals surface area contributed by atoms with E-state index in [1.165, 1.54) is 7.11 Å². The van der Waals surface area contributed by atoms with E-state index in [2.05, 4.69) is 0 Å². The first-order chi connectivity index (χ1) is 13.5. The van der Waals surface area contributed by atoms with E-state index in [0.29, 0.717) is 18.4 Å². The SMILES string of the molecule is COc1c(C)c2c(c(C(=O)C(F)(Cl)Cl)c1CC/C=C/CCC(=O)O)C(=O)OC2N. The quantitative estimate of drug-likeness (QED) is 0.256. The number of fused-ring (bicyclic) bond motifs is 1. The van der Waals surface area contributed by atoms with Gasteiger partial charge in [0.15, 0.2) is 6.23 Å². The zero-order valence-corrected chi connectivity index (χ0v) is 17.3. The fourth-order valence-corrected chi connectivity index (χ4v) is 3.50. The van der Waals surface area contributed by atoms with Crippen molar-refractivity contribution in [2.24, 2.45) is 5.73 Å². The largest absolute Gasteiger partial charge is 0.496 e. The number of ketones is 1. The van der Waals surface area contributed by atoms with E-state index in [4.69, 9.17) is 43.5 Å². The average molecular weight is 448 g/mol. The zero-order valence-electron chi connectivity index (χ0n) is 15.8. The Morgan fingerprint density at radius 2 is 1.97 bits per heavy atom. The van der Waals surface area contributed by atoms with Crippen LogP contribution in [-0.4, -0.2) is 34.5 Å². The number of nitrogens with two attached hydrogens (primary N) is 1. The molecule has 1 aliphatic rings. The van der Waals surface area contributed by atoms with Gasteiger partial charge in [-0.05, 0) is 26.2 Å². The van der Waals surface area contributed by atoms with E-state index < -0.39 is 28.5 Å². The van der Waals surface area contributed by atoms with Gasteiger partial charge in [0, 0.05) is 28.7 Å². The molecule has 158 valence electrons. The van der Waals surface area contributed by atoms with Gasteiger partial charge in [-0.3, -0.25) is 15.3 Å². The third-order valence-electron chi connectivity index (χ3n) is 4.50. The molecular weight excluding hydrogens is 428 g/mol. The highest BCUT2D eigenvalue weighted by Gasteiger charge is 2.44. The number of carboxylic acids is 1. The van der Waals surface area contributed by atoms with Crippen LogP contribution in [0.1, 0.15) is 62.9 Å². The fourth-order valence-electron chi connectivity index (χ4n) is 3.31. The minimum absolute atomic E-state index is 0.0197. The molecule has 0 amide bonds. The molecule has 0 bridgehead atoms. The number of allylic oxidation sites excluding steroid dienone is 2. The number of carbonyl (C=O) groups excluding carboxylic acids is 2. The van der Waals surface area contributed by atoms with Crippen LogP contribution in [0.5, 0.6) is 5.75 Å². The van der Waals surface area contributed by atoms with Crippen LogP contribution in [-0.2, 0) is 16.0 Å². The number of ether oxygens (including phenoxy) is 2. The van der Waals surface area contributed by atoms with E-state index in [9.17, 15) is 18.8 Å². The highest BCUT2D eigenvalue weighted by atomic mass is 35.5. The Kier molecular flexibility index (Phi) is 7.26. The van der Waals surface area contributed by atoms with E-state index in [1.807, 2.05) is 0 Å². The standard InChI is InChI=1S/C19H20Cl2FNO6/c1-9-12-14(18(27)29-17(12)23)13(16(26)19(20,21)22)10(15(9)28-2)7-5-3-4-6-8-11(24)25/h3-4,17H,5-8,23H2,1-2H3,(H,24,25)/b4-3+. The molecule has 1 aliphatic heterocycles.